The summed E-state index contributed by atoms with van der Waals surface area (Å²) in [5, 5.41) is 0.576. The summed E-state index contributed by atoms with van der Waals surface area (Å²) in [4.78, 5) is 0. The summed E-state index contributed by atoms with van der Waals surface area (Å²) in [6, 6.07) is 12.5. The van der Waals surface area contributed by atoms with Crippen molar-refractivity contribution in [1.82, 2.24) is 9.03 Å². The Labute approximate surface area is 160 Å². The van der Waals surface area contributed by atoms with Gasteiger partial charge in [0.15, 0.2) is 0 Å². The predicted molar refractivity (Wildman–Crippen MR) is 104 cm³/mol. The summed E-state index contributed by atoms with van der Waals surface area (Å²) in [5.41, 5.74) is 2.87. The maximum Gasteiger partial charge on any atom is 0.280 e. The maximum absolute atomic E-state index is 13.0. The topological polar surface area (TPSA) is 58.6 Å². The van der Waals surface area contributed by atoms with Crippen molar-refractivity contribution in [2.75, 3.05) is 13.7 Å². The molecule has 140 valence electrons. The lowest BCUT2D eigenvalue weighted by molar-refractivity contribution is 0.334. The lowest BCUT2D eigenvalue weighted by atomic mass is 9.89. The summed E-state index contributed by atoms with van der Waals surface area (Å²) in [6.45, 7) is 4.03. The van der Waals surface area contributed by atoms with Crippen molar-refractivity contribution in [3.05, 3.63) is 64.2 Å². The molecular weight excluding hydrogens is 372 g/mol. The van der Waals surface area contributed by atoms with Crippen LogP contribution in [0.4, 0.5) is 0 Å². The number of hydrogen-bond acceptors (Lipinski definition) is 3. The number of benzene rings is 2. The smallest absolute Gasteiger partial charge is 0.280 e. The van der Waals surface area contributed by atoms with Crippen LogP contribution < -0.4 is 9.46 Å². The lowest BCUT2D eigenvalue weighted by Gasteiger charge is -2.37. The highest BCUT2D eigenvalue weighted by Crippen LogP contribution is 2.39. The van der Waals surface area contributed by atoms with Gasteiger partial charge in [-0.1, -0.05) is 29.8 Å². The lowest BCUT2D eigenvalue weighted by Crippen LogP contribution is -2.48. The number of halogens is 1. The summed E-state index contributed by atoms with van der Waals surface area (Å²) in [7, 11) is -2.05. The zero-order valence-electron chi connectivity index (χ0n) is 15.1. The van der Waals surface area contributed by atoms with Gasteiger partial charge in [-0.2, -0.15) is 17.4 Å². The number of nitrogens with zero attached hydrogens (tertiary/aromatic N) is 1. The van der Waals surface area contributed by atoms with Gasteiger partial charge in [-0.15, -0.1) is 0 Å². The quantitative estimate of drug-likeness (QED) is 0.843. The second-order valence-corrected chi connectivity index (χ2v) is 8.75. The van der Waals surface area contributed by atoms with Crippen LogP contribution in [0, 0.1) is 0 Å². The van der Waals surface area contributed by atoms with Crippen LogP contribution in [0.2, 0.25) is 5.02 Å². The average molecular weight is 395 g/mol. The van der Waals surface area contributed by atoms with Crippen LogP contribution in [-0.2, 0) is 16.6 Å². The molecule has 0 aliphatic carbocycles. The highest BCUT2D eigenvalue weighted by molar-refractivity contribution is 7.87. The van der Waals surface area contributed by atoms with E-state index in [1.807, 2.05) is 50.2 Å². The molecule has 3 rings (SSSR count). The number of ether oxygens (including phenoxy) is 1. The molecule has 1 heterocycles. The van der Waals surface area contributed by atoms with Gasteiger partial charge in [-0.3, -0.25) is 0 Å². The van der Waals surface area contributed by atoms with Gasteiger partial charge in [0.2, 0.25) is 0 Å². The first-order chi connectivity index (χ1) is 12.3. The first-order valence-electron chi connectivity index (χ1n) is 8.53. The third-order valence-electron chi connectivity index (χ3n) is 4.39. The van der Waals surface area contributed by atoms with E-state index >= 15 is 0 Å². The Bertz CT molecular complexity index is 899. The molecular formula is C19H23ClN2O3S. The van der Waals surface area contributed by atoms with Crippen LogP contribution in [0.5, 0.6) is 5.75 Å². The van der Waals surface area contributed by atoms with Gasteiger partial charge < -0.3 is 4.74 Å². The Balaban J connectivity index is 2.16. The molecule has 1 aliphatic heterocycles. The zero-order valence-corrected chi connectivity index (χ0v) is 16.6. The van der Waals surface area contributed by atoms with E-state index in [0.29, 0.717) is 23.7 Å². The normalized spacial score (nSPS) is 18.0. The predicted octanol–water partition coefficient (Wildman–Crippen LogP) is 3.54. The molecule has 7 heteroatoms. The largest absolute Gasteiger partial charge is 0.497 e. The molecule has 0 amide bonds. The molecule has 2 aromatic carbocycles. The van der Waals surface area contributed by atoms with Crippen molar-refractivity contribution in [3.63, 3.8) is 0 Å². The van der Waals surface area contributed by atoms with Crippen LogP contribution in [0.15, 0.2) is 42.5 Å². The van der Waals surface area contributed by atoms with E-state index in [9.17, 15) is 8.42 Å². The van der Waals surface area contributed by atoms with E-state index in [2.05, 4.69) is 4.72 Å². The number of hydrogen-bond donors (Lipinski definition) is 1. The fourth-order valence-electron chi connectivity index (χ4n) is 3.34. The summed E-state index contributed by atoms with van der Waals surface area (Å²) in [5.74, 6) is 0.701. The standard InChI is InChI=1S/C19H23ClN2O3S/c1-13(2)21-26(23,24)22-10-9-14-7-8-17(25-3)12-18(14)19(22)15-5-4-6-16(20)11-15/h4-8,11-13,19,21H,9-10H2,1-3H3. The Morgan fingerprint density at radius 1 is 1.23 bits per heavy atom. The Morgan fingerprint density at radius 3 is 2.65 bits per heavy atom. The fraction of sp³-hybridized carbons (Fsp3) is 0.368. The summed E-state index contributed by atoms with van der Waals surface area (Å²) in [6.07, 6.45) is 0.648. The van der Waals surface area contributed by atoms with E-state index < -0.39 is 16.3 Å². The van der Waals surface area contributed by atoms with Crippen molar-refractivity contribution in [3.8, 4) is 5.75 Å². The van der Waals surface area contributed by atoms with Crippen molar-refractivity contribution < 1.29 is 13.2 Å². The summed E-state index contributed by atoms with van der Waals surface area (Å²) < 4.78 is 35.5. The van der Waals surface area contributed by atoms with Crippen LogP contribution in [0.1, 0.15) is 36.6 Å². The third-order valence-corrected chi connectivity index (χ3v) is 6.41. The van der Waals surface area contributed by atoms with E-state index in [1.165, 1.54) is 4.31 Å². The number of rotatable bonds is 5. The molecule has 0 aromatic heterocycles. The van der Waals surface area contributed by atoms with Crippen LogP contribution in [-0.4, -0.2) is 32.4 Å². The van der Waals surface area contributed by atoms with Crippen LogP contribution in [0.25, 0.3) is 0 Å². The maximum atomic E-state index is 13.0. The SMILES string of the molecule is COc1ccc2c(c1)C(c1cccc(Cl)c1)N(S(=O)(=O)NC(C)C)CC2. The highest BCUT2D eigenvalue weighted by atomic mass is 35.5. The first kappa shape index (κ1) is 19.2. The third kappa shape index (κ3) is 3.88. The average Bonchev–Trinajstić information content (AvgIpc) is 2.59. The van der Waals surface area contributed by atoms with Gasteiger partial charge in [0.25, 0.3) is 10.2 Å². The summed E-state index contributed by atoms with van der Waals surface area (Å²) >= 11 is 6.19. The molecule has 0 fully saturated rings. The highest BCUT2D eigenvalue weighted by Gasteiger charge is 2.37. The fourth-order valence-corrected chi connectivity index (χ4v) is 5.12. The monoisotopic (exact) mass is 394 g/mol. The minimum absolute atomic E-state index is 0.188. The van der Waals surface area contributed by atoms with Gasteiger partial charge in [0, 0.05) is 17.6 Å². The molecule has 0 radical (unpaired) electrons. The Kier molecular flexibility index (Phi) is 5.58. The molecule has 1 aliphatic rings. The molecule has 0 saturated carbocycles. The first-order valence-corrected chi connectivity index (χ1v) is 10.3. The van der Waals surface area contributed by atoms with Gasteiger partial charge in [0.1, 0.15) is 5.75 Å². The van der Waals surface area contributed by atoms with Gasteiger partial charge in [0.05, 0.1) is 13.2 Å². The van der Waals surface area contributed by atoms with Crippen molar-refractivity contribution in [1.29, 1.82) is 0 Å². The van der Waals surface area contributed by atoms with Gasteiger partial charge in [-0.05, 0) is 61.2 Å². The number of nitrogens with one attached hydrogen (secondary N) is 1. The minimum Gasteiger partial charge on any atom is -0.497 e. The Morgan fingerprint density at radius 2 is 2.00 bits per heavy atom. The van der Waals surface area contributed by atoms with Crippen LogP contribution in [0.3, 0.4) is 0 Å². The Hall–Kier alpha value is -1.60. The molecule has 0 saturated heterocycles. The second-order valence-electron chi connectivity index (χ2n) is 6.66. The van der Waals surface area contributed by atoms with E-state index in [-0.39, 0.29) is 6.04 Å². The molecule has 1 unspecified atom stereocenters. The number of methoxy groups -OCH3 is 1. The van der Waals surface area contributed by atoms with E-state index in [4.69, 9.17) is 16.3 Å². The van der Waals surface area contributed by atoms with E-state index in [0.717, 1.165) is 16.7 Å². The van der Waals surface area contributed by atoms with Gasteiger partial charge in [-0.25, -0.2) is 0 Å². The molecule has 0 bridgehead atoms. The molecule has 2 aromatic rings. The van der Waals surface area contributed by atoms with Crippen molar-refractivity contribution >= 4 is 21.8 Å². The van der Waals surface area contributed by atoms with Gasteiger partial charge >= 0.3 is 0 Å². The molecule has 0 spiro atoms. The minimum atomic E-state index is -3.66. The van der Waals surface area contributed by atoms with Crippen LogP contribution >= 0.6 is 11.6 Å². The molecule has 5 nitrogen and oxygen atoms in total. The molecule has 1 atom stereocenters. The zero-order chi connectivity index (χ0) is 18.9. The molecule has 26 heavy (non-hydrogen) atoms. The van der Waals surface area contributed by atoms with Crippen molar-refractivity contribution in [2.24, 2.45) is 0 Å². The second kappa shape index (κ2) is 7.56. The molecule has 1 N–H and O–H groups in total. The van der Waals surface area contributed by atoms with Crippen molar-refractivity contribution in [2.45, 2.75) is 32.4 Å². The number of fused-ring (bicyclic) bond motifs is 1. The van der Waals surface area contributed by atoms with E-state index in [1.54, 1.807) is 13.2 Å².